The fourth-order valence-electron chi connectivity index (χ4n) is 1.97. The van der Waals surface area contributed by atoms with Gasteiger partial charge < -0.3 is 5.11 Å². The maximum absolute atomic E-state index is 12.3. The van der Waals surface area contributed by atoms with Gasteiger partial charge in [0, 0.05) is 7.05 Å². The van der Waals surface area contributed by atoms with Gasteiger partial charge in [-0.25, -0.2) is 8.42 Å². The third-order valence-corrected chi connectivity index (χ3v) is 6.06. The summed E-state index contributed by atoms with van der Waals surface area (Å²) in [5.74, 6) is -2.15. The van der Waals surface area contributed by atoms with Gasteiger partial charge in [-0.2, -0.15) is 5.10 Å². The van der Waals surface area contributed by atoms with Crippen molar-refractivity contribution in [2.45, 2.75) is 31.8 Å². The van der Waals surface area contributed by atoms with Crippen molar-refractivity contribution in [2.24, 2.45) is 13.0 Å². The Morgan fingerprint density at radius 1 is 1.47 bits per heavy atom. The highest BCUT2D eigenvalue weighted by Gasteiger charge is 2.36. The molecule has 0 aliphatic carbocycles. The Bertz CT molecular complexity index is 592. The Morgan fingerprint density at radius 3 is 2.32 bits per heavy atom. The summed E-state index contributed by atoms with van der Waals surface area (Å²) < 4.78 is 26.6. The molecule has 1 atom stereocenters. The third kappa shape index (κ3) is 3.36. The van der Waals surface area contributed by atoms with E-state index in [0.29, 0.717) is 15.9 Å². The number of sulfone groups is 1. The molecule has 1 rings (SSSR count). The molecule has 0 aromatic carbocycles. The molecule has 1 aromatic rings. The zero-order valence-corrected chi connectivity index (χ0v) is 13.6. The van der Waals surface area contributed by atoms with E-state index in [1.165, 1.54) is 4.68 Å². The van der Waals surface area contributed by atoms with Crippen LogP contribution >= 0.6 is 15.9 Å². The van der Waals surface area contributed by atoms with Gasteiger partial charge in [0.25, 0.3) is 0 Å². The van der Waals surface area contributed by atoms with E-state index in [-0.39, 0.29) is 5.75 Å². The molecule has 0 aliphatic rings. The Morgan fingerprint density at radius 2 is 2.00 bits per heavy atom. The summed E-state index contributed by atoms with van der Waals surface area (Å²) in [5.41, 5.74) is 1.13. The maximum atomic E-state index is 12.3. The fourth-order valence-corrected chi connectivity index (χ4v) is 4.66. The Hall–Kier alpha value is -0.890. The van der Waals surface area contributed by atoms with Crippen LogP contribution in [0.15, 0.2) is 4.47 Å². The predicted molar refractivity (Wildman–Crippen MR) is 74.5 cm³/mol. The standard InChI is InChI=1S/C11H17BrN2O4S/c1-6(2)10(11(15)16)19(17,18)5-8-9(12)7(3)13-14(8)4/h6,10H,5H2,1-4H3,(H,15,16). The molecule has 0 aliphatic heterocycles. The molecule has 1 aromatic heterocycles. The molecule has 19 heavy (non-hydrogen) atoms. The lowest BCUT2D eigenvalue weighted by molar-refractivity contribution is -0.137. The monoisotopic (exact) mass is 352 g/mol. The van der Waals surface area contributed by atoms with Crippen molar-refractivity contribution in [1.29, 1.82) is 0 Å². The molecular formula is C11H17BrN2O4S. The average Bonchev–Trinajstić information content (AvgIpc) is 2.42. The van der Waals surface area contributed by atoms with E-state index in [1.54, 1.807) is 27.8 Å². The number of hydrogen-bond donors (Lipinski definition) is 1. The highest BCUT2D eigenvalue weighted by Crippen LogP contribution is 2.25. The molecule has 0 saturated carbocycles. The van der Waals surface area contributed by atoms with Gasteiger partial charge in [0.05, 0.1) is 21.6 Å². The lowest BCUT2D eigenvalue weighted by Crippen LogP contribution is -2.36. The van der Waals surface area contributed by atoms with Crippen LogP contribution in [-0.2, 0) is 27.4 Å². The van der Waals surface area contributed by atoms with E-state index < -0.39 is 27.0 Å². The van der Waals surface area contributed by atoms with Crippen LogP contribution in [-0.4, -0.2) is 34.5 Å². The predicted octanol–water partition coefficient (Wildman–Crippen LogP) is 1.52. The summed E-state index contributed by atoms with van der Waals surface area (Å²) in [5, 5.41) is 11.8. The minimum Gasteiger partial charge on any atom is -0.480 e. The number of carbonyl (C=O) groups is 1. The zero-order chi connectivity index (χ0) is 15.0. The van der Waals surface area contributed by atoms with Gasteiger partial charge in [-0.1, -0.05) is 13.8 Å². The second-order valence-corrected chi connectivity index (χ2v) is 7.70. The number of nitrogens with zero attached hydrogens (tertiary/aromatic N) is 2. The molecule has 8 heteroatoms. The molecule has 1 heterocycles. The molecule has 0 fully saturated rings. The number of carboxylic acid groups (broad SMARTS) is 1. The maximum Gasteiger partial charge on any atom is 0.322 e. The van der Waals surface area contributed by atoms with Crippen LogP contribution < -0.4 is 0 Å². The first-order valence-corrected chi connectivity index (χ1v) is 8.21. The highest BCUT2D eigenvalue weighted by atomic mass is 79.9. The van der Waals surface area contributed by atoms with E-state index >= 15 is 0 Å². The normalized spacial score (nSPS) is 13.8. The highest BCUT2D eigenvalue weighted by molar-refractivity contribution is 9.10. The minimum absolute atomic E-state index is 0.347. The third-order valence-electron chi connectivity index (χ3n) is 2.84. The Labute approximate surface area is 120 Å². The summed E-state index contributed by atoms with van der Waals surface area (Å²) in [6.07, 6.45) is 0. The van der Waals surface area contributed by atoms with Crippen molar-refractivity contribution in [3.63, 3.8) is 0 Å². The topological polar surface area (TPSA) is 89.3 Å². The van der Waals surface area contributed by atoms with Crippen LogP contribution in [0.4, 0.5) is 0 Å². The van der Waals surface area contributed by atoms with Crippen molar-refractivity contribution in [2.75, 3.05) is 0 Å². The molecule has 108 valence electrons. The van der Waals surface area contributed by atoms with Crippen LogP contribution in [0.1, 0.15) is 25.2 Å². The summed E-state index contributed by atoms with van der Waals surface area (Å²) in [4.78, 5) is 11.1. The number of aryl methyl sites for hydroxylation is 2. The summed E-state index contributed by atoms with van der Waals surface area (Å²) in [7, 11) is -2.16. The van der Waals surface area contributed by atoms with Gasteiger partial charge in [-0.3, -0.25) is 9.48 Å². The van der Waals surface area contributed by atoms with E-state index in [0.717, 1.165) is 0 Å². The van der Waals surface area contributed by atoms with Crippen LogP contribution in [0.25, 0.3) is 0 Å². The van der Waals surface area contributed by atoms with Gasteiger partial charge >= 0.3 is 5.97 Å². The summed E-state index contributed by atoms with van der Waals surface area (Å²) in [6.45, 7) is 4.91. The molecule has 6 nitrogen and oxygen atoms in total. The van der Waals surface area contributed by atoms with Crippen LogP contribution in [0.3, 0.4) is 0 Å². The lowest BCUT2D eigenvalue weighted by Gasteiger charge is -2.17. The first-order valence-electron chi connectivity index (χ1n) is 5.70. The van der Waals surface area contributed by atoms with E-state index in [1.807, 2.05) is 0 Å². The Balaban J connectivity index is 3.19. The summed E-state index contributed by atoms with van der Waals surface area (Å²) >= 11 is 3.28. The number of aliphatic carboxylic acids is 1. The number of halogens is 1. The zero-order valence-electron chi connectivity index (χ0n) is 11.2. The molecule has 0 spiro atoms. The molecule has 0 amide bonds. The van der Waals surface area contributed by atoms with Crippen molar-refractivity contribution in [3.8, 4) is 0 Å². The van der Waals surface area contributed by atoms with Crippen LogP contribution in [0.5, 0.6) is 0 Å². The van der Waals surface area contributed by atoms with E-state index in [2.05, 4.69) is 21.0 Å². The minimum atomic E-state index is -3.80. The molecule has 0 saturated heterocycles. The summed E-state index contributed by atoms with van der Waals surface area (Å²) in [6, 6.07) is 0. The smallest absolute Gasteiger partial charge is 0.322 e. The van der Waals surface area contributed by atoms with E-state index in [9.17, 15) is 13.2 Å². The average molecular weight is 353 g/mol. The molecular weight excluding hydrogens is 336 g/mol. The van der Waals surface area contributed by atoms with Gasteiger partial charge in [0.2, 0.25) is 0 Å². The second kappa shape index (κ2) is 5.62. The first-order chi connectivity index (χ1) is 8.58. The molecule has 1 unspecified atom stereocenters. The number of aromatic nitrogens is 2. The van der Waals surface area contributed by atoms with Gasteiger partial charge in [0.1, 0.15) is 0 Å². The number of hydrogen-bond acceptors (Lipinski definition) is 4. The van der Waals surface area contributed by atoms with Gasteiger partial charge in [-0.15, -0.1) is 0 Å². The number of carboxylic acids is 1. The van der Waals surface area contributed by atoms with Crippen LogP contribution in [0.2, 0.25) is 0 Å². The van der Waals surface area contributed by atoms with Crippen molar-refractivity contribution in [3.05, 3.63) is 15.9 Å². The van der Waals surface area contributed by atoms with Crippen molar-refractivity contribution < 1.29 is 18.3 Å². The lowest BCUT2D eigenvalue weighted by atomic mass is 10.1. The number of rotatable bonds is 5. The second-order valence-electron chi connectivity index (χ2n) is 4.78. The quantitative estimate of drug-likeness (QED) is 0.867. The molecule has 1 N–H and O–H groups in total. The Kier molecular flexibility index (Phi) is 4.78. The molecule has 0 bridgehead atoms. The van der Waals surface area contributed by atoms with Gasteiger partial charge in [-0.05, 0) is 28.8 Å². The van der Waals surface area contributed by atoms with E-state index in [4.69, 9.17) is 5.11 Å². The van der Waals surface area contributed by atoms with Crippen molar-refractivity contribution >= 4 is 31.7 Å². The largest absolute Gasteiger partial charge is 0.480 e. The van der Waals surface area contributed by atoms with Crippen molar-refractivity contribution in [1.82, 2.24) is 9.78 Å². The first kappa shape index (κ1) is 16.2. The molecule has 0 radical (unpaired) electrons. The van der Waals surface area contributed by atoms with Crippen LogP contribution in [0, 0.1) is 12.8 Å². The fraction of sp³-hybridized carbons (Fsp3) is 0.636. The van der Waals surface area contributed by atoms with Gasteiger partial charge in [0.15, 0.2) is 15.1 Å². The SMILES string of the molecule is Cc1nn(C)c(CS(=O)(=O)C(C(=O)O)C(C)C)c1Br.